The van der Waals surface area contributed by atoms with Crippen molar-refractivity contribution in [1.29, 1.82) is 0 Å². The molecule has 0 fully saturated rings. The van der Waals surface area contributed by atoms with Crippen LogP contribution in [0.5, 0.6) is 5.75 Å². The molecule has 0 radical (unpaired) electrons. The highest BCUT2D eigenvalue weighted by Gasteiger charge is 2.16. The molecule has 6 heteroatoms. The van der Waals surface area contributed by atoms with Crippen LogP contribution in [0.25, 0.3) is 0 Å². The topological polar surface area (TPSA) is 59.4 Å². The van der Waals surface area contributed by atoms with Crippen molar-refractivity contribution in [3.8, 4) is 5.75 Å². The van der Waals surface area contributed by atoms with Crippen molar-refractivity contribution in [2.24, 2.45) is 5.10 Å². The third-order valence-electron chi connectivity index (χ3n) is 3.34. The second kappa shape index (κ2) is 6.09. The van der Waals surface area contributed by atoms with Crippen LogP contribution in [0.15, 0.2) is 29.4 Å². The van der Waals surface area contributed by atoms with E-state index in [0.717, 1.165) is 17.8 Å². The minimum absolute atomic E-state index is 0.300. The minimum Gasteiger partial charge on any atom is -0.493 e. The van der Waals surface area contributed by atoms with Gasteiger partial charge in [0.1, 0.15) is 23.2 Å². The Bertz CT molecular complexity index is 710. The van der Waals surface area contributed by atoms with Gasteiger partial charge < -0.3 is 4.74 Å². The largest absolute Gasteiger partial charge is 0.493 e. The molecule has 0 saturated carbocycles. The van der Waals surface area contributed by atoms with Gasteiger partial charge in [0.15, 0.2) is 0 Å². The van der Waals surface area contributed by atoms with Crippen LogP contribution >= 0.6 is 0 Å². The predicted octanol–water partition coefficient (Wildman–Crippen LogP) is 3.22. The Morgan fingerprint density at radius 2 is 2.09 bits per heavy atom. The average molecular weight is 300 g/mol. The predicted molar refractivity (Wildman–Crippen MR) is 82.8 cm³/mol. The zero-order chi connectivity index (χ0) is 15.5. The lowest BCUT2D eigenvalue weighted by Gasteiger charge is -2.09. The zero-order valence-electron chi connectivity index (χ0n) is 12.6. The minimum atomic E-state index is -0.300. The molecule has 2 heterocycles. The molecule has 1 aliphatic rings. The first-order valence-corrected chi connectivity index (χ1v) is 7.19. The van der Waals surface area contributed by atoms with Gasteiger partial charge in [-0.1, -0.05) is 0 Å². The maximum atomic E-state index is 13.5. The van der Waals surface area contributed by atoms with Crippen LogP contribution < -0.4 is 10.2 Å². The molecule has 0 unspecified atom stereocenters. The number of hydrogen-bond donors (Lipinski definition) is 1. The Morgan fingerprint density at radius 3 is 2.91 bits per heavy atom. The van der Waals surface area contributed by atoms with Gasteiger partial charge in [0.05, 0.1) is 12.3 Å². The summed E-state index contributed by atoms with van der Waals surface area (Å²) >= 11 is 0. The van der Waals surface area contributed by atoms with E-state index in [-0.39, 0.29) is 5.82 Å². The molecule has 1 aliphatic heterocycles. The lowest BCUT2D eigenvalue weighted by molar-refractivity contribution is 0.317. The van der Waals surface area contributed by atoms with E-state index < -0.39 is 0 Å². The van der Waals surface area contributed by atoms with Crippen molar-refractivity contribution in [2.75, 3.05) is 12.0 Å². The number of ether oxygens (including phenoxy) is 1. The Hall–Kier alpha value is -2.50. The van der Waals surface area contributed by atoms with Crippen molar-refractivity contribution in [3.63, 3.8) is 0 Å². The number of hydrazone groups is 1. The van der Waals surface area contributed by atoms with Crippen LogP contribution in [0.2, 0.25) is 0 Å². The highest BCUT2D eigenvalue weighted by molar-refractivity contribution is 6.03. The van der Waals surface area contributed by atoms with Crippen LogP contribution in [-0.2, 0) is 0 Å². The number of halogens is 1. The summed E-state index contributed by atoms with van der Waals surface area (Å²) in [6.07, 6.45) is 1.55. The summed E-state index contributed by atoms with van der Waals surface area (Å²) in [5, 5.41) is 4.41. The van der Waals surface area contributed by atoms with Crippen molar-refractivity contribution in [2.45, 2.75) is 26.7 Å². The molecule has 1 N–H and O–H groups in total. The summed E-state index contributed by atoms with van der Waals surface area (Å²) in [6, 6.07) is 6.31. The number of hydrogen-bond acceptors (Lipinski definition) is 5. The Balaban J connectivity index is 1.92. The Morgan fingerprint density at radius 1 is 1.23 bits per heavy atom. The molecule has 1 aromatic heterocycles. The molecule has 114 valence electrons. The van der Waals surface area contributed by atoms with Crippen molar-refractivity contribution in [3.05, 3.63) is 47.2 Å². The van der Waals surface area contributed by atoms with E-state index >= 15 is 0 Å². The van der Waals surface area contributed by atoms with Gasteiger partial charge in [-0.25, -0.2) is 14.4 Å². The summed E-state index contributed by atoms with van der Waals surface area (Å²) in [7, 11) is 0. The maximum absolute atomic E-state index is 13.5. The van der Waals surface area contributed by atoms with E-state index in [1.165, 1.54) is 12.1 Å². The quantitative estimate of drug-likeness (QED) is 0.865. The fourth-order valence-corrected chi connectivity index (χ4v) is 2.43. The van der Waals surface area contributed by atoms with E-state index in [0.29, 0.717) is 36.0 Å². The second-order valence-corrected chi connectivity index (χ2v) is 5.20. The van der Waals surface area contributed by atoms with Gasteiger partial charge in [0, 0.05) is 17.3 Å². The van der Waals surface area contributed by atoms with E-state index in [1.807, 2.05) is 19.9 Å². The van der Waals surface area contributed by atoms with E-state index in [9.17, 15) is 4.39 Å². The molecule has 2 aromatic rings. The smallest absolute Gasteiger partial charge is 0.150 e. The van der Waals surface area contributed by atoms with Gasteiger partial charge in [-0.05, 0) is 44.9 Å². The lowest BCUT2D eigenvalue weighted by atomic mass is 10.1. The molecule has 0 saturated heterocycles. The standard InChI is InChI=1S/C16H17FN4O/c1-10-8-16(19-11(2)18-10)21-20-14-4-3-7-22-15-6-5-12(17)9-13(14)15/h5-6,8-9H,3-4,7H2,1-2H3,(H,18,19,21). The van der Waals surface area contributed by atoms with Crippen molar-refractivity contribution >= 4 is 11.5 Å². The summed E-state index contributed by atoms with van der Waals surface area (Å²) in [5.41, 5.74) is 5.26. The molecule has 0 amide bonds. The van der Waals surface area contributed by atoms with E-state index in [1.54, 1.807) is 6.07 Å². The van der Waals surface area contributed by atoms with Crippen molar-refractivity contribution < 1.29 is 9.13 Å². The maximum Gasteiger partial charge on any atom is 0.150 e. The van der Waals surface area contributed by atoms with Crippen LogP contribution in [0.3, 0.4) is 0 Å². The third kappa shape index (κ3) is 3.21. The molecule has 0 bridgehead atoms. The van der Waals surface area contributed by atoms with Crippen LogP contribution in [0.4, 0.5) is 10.2 Å². The normalized spacial score (nSPS) is 15.9. The SMILES string of the molecule is Cc1cc(NN=C2CCCOc3ccc(F)cc32)nc(C)n1. The highest BCUT2D eigenvalue weighted by atomic mass is 19.1. The summed E-state index contributed by atoms with van der Waals surface area (Å²) < 4.78 is 19.1. The van der Waals surface area contributed by atoms with Crippen LogP contribution in [0, 0.1) is 19.7 Å². The average Bonchev–Trinajstić information content (AvgIpc) is 2.66. The van der Waals surface area contributed by atoms with E-state index in [4.69, 9.17) is 4.74 Å². The van der Waals surface area contributed by atoms with E-state index in [2.05, 4.69) is 20.5 Å². The molecule has 3 rings (SSSR count). The zero-order valence-corrected chi connectivity index (χ0v) is 12.6. The van der Waals surface area contributed by atoms with Gasteiger partial charge in [0.25, 0.3) is 0 Å². The number of aromatic nitrogens is 2. The number of nitrogens with zero attached hydrogens (tertiary/aromatic N) is 3. The van der Waals surface area contributed by atoms with Gasteiger partial charge in [-0.2, -0.15) is 5.10 Å². The number of anilines is 1. The number of rotatable bonds is 2. The molecule has 0 spiro atoms. The number of fused-ring (bicyclic) bond motifs is 1. The van der Waals surface area contributed by atoms with Crippen molar-refractivity contribution in [1.82, 2.24) is 9.97 Å². The Labute approximate surface area is 128 Å². The van der Waals surface area contributed by atoms with Gasteiger partial charge in [-0.3, -0.25) is 5.43 Å². The van der Waals surface area contributed by atoms with Crippen LogP contribution in [-0.4, -0.2) is 22.3 Å². The van der Waals surface area contributed by atoms with Gasteiger partial charge in [0.2, 0.25) is 0 Å². The first-order chi connectivity index (χ1) is 10.6. The summed E-state index contributed by atoms with van der Waals surface area (Å²) in [6.45, 7) is 4.33. The first kappa shape index (κ1) is 14.4. The second-order valence-electron chi connectivity index (χ2n) is 5.20. The molecule has 22 heavy (non-hydrogen) atoms. The molecule has 0 atom stereocenters. The Kier molecular flexibility index (Phi) is 4.00. The first-order valence-electron chi connectivity index (χ1n) is 7.19. The monoisotopic (exact) mass is 300 g/mol. The summed E-state index contributed by atoms with van der Waals surface area (Å²) in [4.78, 5) is 8.50. The van der Waals surface area contributed by atoms with Crippen LogP contribution in [0.1, 0.15) is 29.9 Å². The fourth-order valence-electron chi connectivity index (χ4n) is 2.43. The molecular weight excluding hydrogens is 283 g/mol. The fraction of sp³-hybridized carbons (Fsp3) is 0.312. The molecular formula is C16H17FN4O. The summed E-state index contributed by atoms with van der Waals surface area (Å²) in [5.74, 6) is 1.67. The molecule has 1 aromatic carbocycles. The molecule has 5 nitrogen and oxygen atoms in total. The lowest BCUT2D eigenvalue weighted by Crippen LogP contribution is -2.06. The number of nitrogens with one attached hydrogen (secondary N) is 1. The highest BCUT2D eigenvalue weighted by Crippen LogP contribution is 2.25. The van der Waals surface area contributed by atoms with Gasteiger partial charge >= 0.3 is 0 Å². The third-order valence-corrected chi connectivity index (χ3v) is 3.34. The number of benzene rings is 1. The van der Waals surface area contributed by atoms with Gasteiger partial charge in [-0.15, -0.1) is 0 Å². The molecule has 0 aliphatic carbocycles. The number of aryl methyl sites for hydroxylation is 2.